The molecular weight excluding hydrogens is 390 g/mol. The lowest BCUT2D eigenvalue weighted by atomic mass is 10.1. The number of thioether (sulfide) groups is 1. The van der Waals surface area contributed by atoms with E-state index in [-0.39, 0.29) is 35.6 Å². The van der Waals surface area contributed by atoms with Crippen LogP contribution in [0, 0.1) is 5.92 Å². The highest BCUT2D eigenvalue weighted by Gasteiger charge is 2.34. The Balaban J connectivity index is 1.93. The SMILES string of the molecule is CCC[C@H](C)C(=O)NCCN1C(=O)S/C(=C\c2ccc(OC(F)F)cc2)C1=O. The van der Waals surface area contributed by atoms with Crippen LogP contribution in [0.1, 0.15) is 32.3 Å². The van der Waals surface area contributed by atoms with Crippen LogP contribution in [-0.2, 0) is 9.59 Å². The van der Waals surface area contributed by atoms with Crippen molar-refractivity contribution in [1.82, 2.24) is 10.2 Å². The summed E-state index contributed by atoms with van der Waals surface area (Å²) in [5, 5.41) is 2.32. The topological polar surface area (TPSA) is 75.7 Å². The van der Waals surface area contributed by atoms with Gasteiger partial charge < -0.3 is 10.1 Å². The molecule has 0 radical (unpaired) electrons. The molecule has 0 bridgehead atoms. The van der Waals surface area contributed by atoms with Crippen LogP contribution in [0.5, 0.6) is 5.75 Å². The Morgan fingerprint density at radius 3 is 2.57 bits per heavy atom. The zero-order valence-corrected chi connectivity index (χ0v) is 16.4. The summed E-state index contributed by atoms with van der Waals surface area (Å²) in [5.74, 6) is -0.653. The first-order valence-electron chi connectivity index (χ1n) is 8.89. The van der Waals surface area contributed by atoms with Crippen molar-refractivity contribution in [2.45, 2.75) is 33.3 Å². The summed E-state index contributed by atoms with van der Waals surface area (Å²) >= 11 is 0.799. The molecule has 0 spiro atoms. The van der Waals surface area contributed by atoms with Crippen molar-refractivity contribution < 1.29 is 27.9 Å². The molecule has 1 heterocycles. The molecule has 1 atom stereocenters. The van der Waals surface area contributed by atoms with E-state index in [1.54, 1.807) is 0 Å². The summed E-state index contributed by atoms with van der Waals surface area (Å²) in [4.78, 5) is 37.7. The molecule has 1 saturated heterocycles. The van der Waals surface area contributed by atoms with Gasteiger partial charge in [-0.1, -0.05) is 32.4 Å². The Labute approximate surface area is 166 Å². The second-order valence-electron chi connectivity index (χ2n) is 6.26. The lowest BCUT2D eigenvalue weighted by molar-refractivity contribution is -0.126. The molecule has 1 aliphatic rings. The van der Waals surface area contributed by atoms with Gasteiger partial charge in [0.15, 0.2) is 0 Å². The average molecular weight is 412 g/mol. The molecule has 2 rings (SSSR count). The van der Waals surface area contributed by atoms with Crippen LogP contribution in [0.3, 0.4) is 0 Å². The summed E-state index contributed by atoms with van der Waals surface area (Å²) in [5.41, 5.74) is 0.578. The highest BCUT2D eigenvalue weighted by molar-refractivity contribution is 8.18. The van der Waals surface area contributed by atoms with Gasteiger partial charge in [0.25, 0.3) is 11.1 Å². The first-order valence-corrected chi connectivity index (χ1v) is 9.71. The highest BCUT2D eigenvalue weighted by Crippen LogP contribution is 2.32. The fourth-order valence-corrected chi connectivity index (χ4v) is 3.48. The number of carbonyl (C=O) groups excluding carboxylic acids is 3. The number of benzene rings is 1. The van der Waals surface area contributed by atoms with Gasteiger partial charge in [-0.25, -0.2) is 0 Å². The lowest BCUT2D eigenvalue weighted by Crippen LogP contribution is -2.38. The molecule has 1 fully saturated rings. The fourth-order valence-electron chi connectivity index (χ4n) is 2.62. The van der Waals surface area contributed by atoms with Crippen molar-refractivity contribution in [2.75, 3.05) is 13.1 Å². The van der Waals surface area contributed by atoms with E-state index < -0.39 is 17.8 Å². The maximum atomic E-state index is 12.4. The van der Waals surface area contributed by atoms with Gasteiger partial charge in [-0.2, -0.15) is 8.78 Å². The van der Waals surface area contributed by atoms with Crippen LogP contribution in [-0.4, -0.2) is 41.7 Å². The van der Waals surface area contributed by atoms with Crippen molar-refractivity contribution in [3.8, 4) is 5.75 Å². The normalized spacial score (nSPS) is 16.8. The Morgan fingerprint density at radius 1 is 1.29 bits per heavy atom. The molecule has 1 aromatic carbocycles. The molecule has 0 unspecified atom stereocenters. The molecule has 6 nitrogen and oxygen atoms in total. The fraction of sp³-hybridized carbons (Fsp3) is 0.421. The molecule has 152 valence electrons. The van der Waals surface area contributed by atoms with Gasteiger partial charge in [0, 0.05) is 19.0 Å². The van der Waals surface area contributed by atoms with Crippen LogP contribution in [0.15, 0.2) is 29.2 Å². The van der Waals surface area contributed by atoms with Crippen LogP contribution < -0.4 is 10.1 Å². The molecular formula is C19H22F2N2O4S. The third-order valence-corrected chi connectivity index (χ3v) is 4.99. The van der Waals surface area contributed by atoms with Crippen molar-refractivity contribution in [2.24, 2.45) is 5.92 Å². The monoisotopic (exact) mass is 412 g/mol. The quantitative estimate of drug-likeness (QED) is 0.623. The number of nitrogens with zero attached hydrogens (tertiary/aromatic N) is 1. The average Bonchev–Trinajstić information content (AvgIpc) is 2.90. The number of carbonyl (C=O) groups is 3. The van der Waals surface area contributed by atoms with Gasteiger partial charge in [-0.05, 0) is 42.0 Å². The first-order chi connectivity index (χ1) is 13.3. The van der Waals surface area contributed by atoms with Crippen molar-refractivity contribution in [1.29, 1.82) is 0 Å². The third kappa shape index (κ3) is 6.05. The molecule has 1 N–H and O–H groups in total. The second-order valence-corrected chi connectivity index (χ2v) is 7.25. The van der Waals surface area contributed by atoms with E-state index in [4.69, 9.17) is 0 Å². The smallest absolute Gasteiger partial charge is 0.387 e. The lowest BCUT2D eigenvalue weighted by Gasteiger charge is -2.15. The van der Waals surface area contributed by atoms with Gasteiger partial charge in [0.05, 0.1) is 4.91 Å². The Hall–Kier alpha value is -2.42. The maximum absolute atomic E-state index is 12.4. The van der Waals surface area contributed by atoms with Crippen molar-refractivity contribution in [3.05, 3.63) is 34.7 Å². The molecule has 3 amide bonds. The standard InChI is InChI=1S/C19H22F2N2O4S/c1-3-4-12(2)16(24)22-9-10-23-17(25)15(28-19(23)26)11-13-5-7-14(8-6-13)27-18(20)21/h5-8,11-12,18H,3-4,9-10H2,1-2H3,(H,22,24)/b15-11-/t12-/m0/s1. The predicted octanol–water partition coefficient (Wildman–Crippen LogP) is 3.88. The first kappa shape index (κ1) is 21.9. The van der Waals surface area contributed by atoms with E-state index in [1.807, 2.05) is 13.8 Å². The third-order valence-electron chi connectivity index (χ3n) is 4.08. The Kier molecular flexibility index (Phi) is 7.98. The van der Waals surface area contributed by atoms with Crippen LogP contribution >= 0.6 is 11.8 Å². The van der Waals surface area contributed by atoms with E-state index in [0.717, 1.165) is 29.5 Å². The summed E-state index contributed by atoms with van der Waals surface area (Å²) in [6, 6.07) is 5.74. The van der Waals surface area contributed by atoms with E-state index in [2.05, 4.69) is 10.1 Å². The number of imide groups is 1. The minimum Gasteiger partial charge on any atom is -0.435 e. The van der Waals surface area contributed by atoms with Crippen LogP contribution in [0.25, 0.3) is 6.08 Å². The van der Waals surface area contributed by atoms with E-state index in [0.29, 0.717) is 5.56 Å². The Morgan fingerprint density at radius 2 is 1.96 bits per heavy atom. The van der Waals surface area contributed by atoms with E-state index >= 15 is 0 Å². The molecule has 0 aliphatic carbocycles. The number of amides is 3. The predicted molar refractivity (Wildman–Crippen MR) is 103 cm³/mol. The van der Waals surface area contributed by atoms with Gasteiger partial charge in [-0.15, -0.1) is 0 Å². The van der Waals surface area contributed by atoms with Gasteiger partial charge >= 0.3 is 6.61 Å². The van der Waals surface area contributed by atoms with E-state index in [9.17, 15) is 23.2 Å². The second kappa shape index (κ2) is 10.2. The molecule has 9 heteroatoms. The molecule has 0 saturated carbocycles. The number of nitrogens with one attached hydrogen (secondary N) is 1. The van der Waals surface area contributed by atoms with Gasteiger partial charge in [0.1, 0.15) is 5.75 Å². The highest BCUT2D eigenvalue weighted by atomic mass is 32.2. The maximum Gasteiger partial charge on any atom is 0.387 e. The number of alkyl halides is 2. The van der Waals surface area contributed by atoms with Gasteiger partial charge in [-0.3, -0.25) is 19.3 Å². The zero-order chi connectivity index (χ0) is 20.7. The molecule has 0 aromatic heterocycles. The number of hydrogen-bond acceptors (Lipinski definition) is 5. The summed E-state index contributed by atoms with van der Waals surface area (Å²) in [6.45, 7) is 1.20. The number of halogens is 2. The van der Waals surface area contributed by atoms with Crippen molar-refractivity contribution >= 4 is 34.9 Å². The molecule has 1 aromatic rings. The van der Waals surface area contributed by atoms with Crippen LogP contribution in [0.4, 0.5) is 13.6 Å². The number of hydrogen-bond donors (Lipinski definition) is 1. The minimum atomic E-state index is -2.91. The molecule has 28 heavy (non-hydrogen) atoms. The number of ether oxygens (including phenoxy) is 1. The van der Waals surface area contributed by atoms with Crippen LogP contribution in [0.2, 0.25) is 0 Å². The zero-order valence-electron chi connectivity index (χ0n) is 15.6. The minimum absolute atomic E-state index is 0.00768. The molecule has 1 aliphatic heterocycles. The van der Waals surface area contributed by atoms with Crippen molar-refractivity contribution in [3.63, 3.8) is 0 Å². The van der Waals surface area contributed by atoms with E-state index in [1.165, 1.54) is 30.3 Å². The van der Waals surface area contributed by atoms with Gasteiger partial charge in [0.2, 0.25) is 5.91 Å². The summed E-state index contributed by atoms with van der Waals surface area (Å²) in [7, 11) is 0. The summed E-state index contributed by atoms with van der Waals surface area (Å²) < 4.78 is 28.6. The Bertz CT molecular complexity index is 753. The largest absolute Gasteiger partial charge is 0.435 e. The number of rotatable bonds is 9. The summed E-state index contributed by atoms with van der Waals surface area (Å²) in [6.07, 6.45) is 3.19.